The normalized spacial score (nSPS) is 14.8. The summed E-state index contributed by atoms with van der Waals surface area (Å²) >= 11 is 0. The van der Waals surface area contributed by atoms with Gasteiger partial charge in [0.15, 0.2) is 5.65 Å². The monoisotopic (exact) mass is 339 g/mol. The van der Waals surface area contributed by atoms with Crippen molar-refractivity contribution in [3.63, 3.8) is 0 Å². The van der Waals surface area contributed by atoms with Gasteiger partial charge in [-0.05, 0) is 6.07 Å². The topological polar surface area (TPSA) is 88.8 Å². The average molecular weight is 339 g/mol. The number of carbonyl (C=O) groups is 1. The van der Waals surface area contributed by atoms with Crippen molar-refractivity contribution in [3.05, 3.63) is 42.5 Å². The largest absolute Gasteiger partial charge is 0.481 e. The molecule has 0 aliphatic carbocycles. The number of carbonyl (C=O) groups excluding carboxylic acids is 1. The summed E-state index contributed by atoms with van der Waals surface area (Å²) in [6.07, 6.45) is 6.68. The van der Waals surface area contributed by atoms with Crippen LogP contribution in [0, 0.1) is 0 Å². The van der Waals surface area contributed by atoms with Crippen molar-refractivity contribution in [1.82, 2.24) is 29.5 Å². The van der Waals surface area contributed by atoms with Gasteiger partial charge in [0.2, 0.25) is 11.8 Å². The highest BCUT2D eigenvalue weighted by Crippen LogP contribution is 2.17. The zero-order chi connectivity index (χ0) is 17.2. The highest BCUT2D eigenvalue weighted by atomic mass is 16.5. The number of hydrogen-bond donors (Lipinski definition) is 0. The van der Waals surface area contributed by atoms with Crippen molar-refractivity contribution < 1.29 is 9.53 Å². The maximum Gasteiger partial charge on any atom is 0.259 e. The molecule has 9 heteroatoms. The van der Waals surface area contributed by atoms with E-state index in [1.165, 1.54) is 0 Å². The Morgan fingerprint density at radius 1 is 1.16 bits per heavy atom. The van der Waals surface area contributed by atoms with E-state index in [1.807, 2.05) is 9.80 Å². The summed E-state index contributed by atoms with van der Waals surface area (Å²) in [5.41, 5.74) is 1.10. The second-order valence-electron chi connectivity index (χ2n) is 5.62. The van der Waals surface area contributed by atoms with Crippen LogP contribution in [0.1, 0.15) is 10.4 Å². The Morgan fingerprint density at radius 2 is 2.00 bits per heavy atom. The number of methoxy groups -OCH3 is 1. The van der Waals surface area contributed by atoms with Crippen molar-refractivity contribution in [1.29, 1.82) is 0 Å². The molecule has 0 aromatic carbocycles. The number of anilines is 1. The highest BCUT2D eigenvalue weighted by molar-refractivity contribution is 5.99. The molecule has 1 fully saturated rings. The lowest BCUT2D eigenvalue weighted by Gasteiger charge is -2.34. The molecular formula is C16H17N7O2. The van der Waals surface area contributed by atoms with Crippen LogP contribution in [0.5, 0.6) is 5.88 Å². The Balaban J connectivity index is 1.47. The van der Waals surface area contributed by atoms with Crippen LogP contribution in [-0.2, 0) is 0 Å². The van der Waals surface area contributed by atoms with E-state index in [4.69, 9.17) is 4.74 Å². The van der Waals surface area contributed by atoms with E-state index in [1.54, 1.807) is 48.5 Å². The van der Waals surface area contributed by atoms with Crippen LogP contribution in [0.4, 0.5) is 5.95 Å². The van der Waals surface area contributed by atoms with Crippen molar-refractivity contribution in [3.8, 4) is 5.88 Å². The molecule has 1 aliphatic rings. The molecule has 3 aromatic rings. The van der Waals surface area contributed by atoms with Crippen LogP contribution in [-0.4, -0.2) is 68.7 Å². The minimum absolute atomic E-state index is 0.0556. The number of piperazine rings is 1. The number of amides is 1. The quantitative estimate of drug-likeness (QED) is 0.686. The fourth-order valence-corrected chi connectivity index (χ4v) is 2.86. The lowest BCUT2D eigenvalue weighted by Crippen LogP contribution is -2.49. The highest BCUT2D eigenvalue weighted by Gasteiger charge is 2.26. The Kier molecular flexibility index (Phi) is 3.88. The first-order valence-corrected chi connectivity index (χ1v) is 7.96. The van der Waals surface area contributed by atoms with Gasteiger partial charge in [0, 0.05) is 50.8 Å². The molecule has 1 saturated heterocycles. The van der Waals surface area contributed by atoms with E-state index in [2.05, 4.69) is 20.1 Å². The molecule has 4 rings (SSSR count). The number of nitrogens with zero attached hydrogens (tertiary/aromatic N) is 7. The first kappa shape index (κ1) is 15.3. The van der Waals surface area contributed by atoms with Gasteiger partial charge in [0.05, 0.1) is 13.3 Å². The van der Waals surface area contributed by atoms with Crippen molar-refractivity contribution >= 4 is 17.5 Å². The fraction of sp³-hybridized carbons (Fsp3) is 0.312. The first-order valence-electron chi connectivity index (χ1n) is 7.96. The Morgan fingerprint density at radius 3 is 2.80 bits per heavy atom. The smallest absolute Gasteiger partial charge is 0.259 e. The van der Waals surface area contributed by atoms with E-state index in [9.17, 15) is 4.79 Å². The SMILES string of the molecule is COc1ccnc(N2CCN(C(=O)c3cnn4cccnc34)CC2)n1. The third-order valence-electron chi connectivity index (χ3n) is 4.19. The number of ether oxygens (including phenoxy) is 1. The second-order valence-corrected chi connectivity index (χ2v) is 5.62. The molecule has 4 heterocycles. The van der Waals surface area contributed by atoms with Crippen molar-refractivity contribution in [2.75, 3.05) is 38.2 Å². The Labute approximate surface area is 143 Å². The standard InChI is InChI=1S/C16H17N7O2/c1-25-13-3-5-18-16(20-13)22-9-7-21(8-10-22)15(24)12-11-19-23-6-2-4-17-14(12)23/h2-6,11H,7-10H2,1H3. The predicted molar refractivity (Wildman–Crippen MR) is 89.7 cm³/mol. The molecule has 0 atom stereocenters. The summed E-state index contributed by atoms with van der Waals surface area (Å²) in [7, 11) is 1.58. The number of rotatable bonds is 3. The van der Waals surface area contributed by atoms with Gasteiger partial charge in [0.1, 0.15) is 5.56 Å². The van der Waals surface area contributed by atoms with Gasteiger partial charge < -0.3 is 14.5 Å². The number of fused-ring (bicyclic) bond motifs is 1. The maximum absolute atomic E-state index is 12.8. The lowest BCUT2D eigenvalue weighted by molar-refractivity contribution is 0.0748. The molecule has 0 bridgehead atoms. The van der Waals surface area contributed by atoms with Gasteiger partial charge in [-0.25, -0.2) is 14.5 Å². The van der Waals surface area contributed by atoms with Crippen LogP contribution in [0.2, 0.25) is 0 Å². The minimum Gasteiger partial charge on any atom is -0.481 e. The first-order chi connectivity index (χ1) is 12.3. The van der Waals surface area contributed by atoms with E-state index in [-0.39, 0.29) is 5.91 Å². The summed E-state index contributed by atoms with van der Waals surface area (Å²) in [4.78, 5) is 29.5. The molecule has 0 N–H and O–H groups in total. The van der Waals surface area contributed by atoms with E-state index in [0.29, 0.717) is 49.2 Å². The van der Waals surface area contributed by atoms with Gasteiger partial charge in [-0.1, -0.05) is 0 Å². The summed E-state index contributed by atoms with van der Waals surface area (Å²) in [5.74, 6) is 1.09. The molecule has 1 aliphatic heterocycles. The summed E-state index contributed by atoms with van der Waals surface area (Å²) in [6, 6.07) is 3.49. The number of aromatic nitrogens is 5. The molecule has 0 saturated carbocycles. The summed E-state index contributed by atoms with van der Waals surface area (Å²) in [6.45, 7) is 2.49. The van der Waals surface area contributed by atoms with Crippen LogP contribution in [0.25, 0.3) is 5.65 Å². The van der Waals surface area contributed by atoms with Crippen LogP contribution < -0.4 is 9.64 Å². The molecule has 25 heavy (non-hydrogen) atoms. The molecule has 3 aromatic heterocycles. The molecule has 128 valence electrons. The fourth-order valence-electron chi connectivity index (χ4n) is 2.86. The molecule has 1 amide bonds. The van der Waals surface area contributed by atoms with Gasteiger partial charge >= 0.3 is 0 Å². The molecule has 9 nitrogen and oxygen atoms in total. The third-order valence-corrected chi connectivity index (χ3v) is 4.19. The Bertz CT molecular complexity index is 902. The van der Waals surface area contributed by atoms with Gasteiger partial charge in [-0.3, -0.25) is 4.79 Å². The van der Waals surface area contributed by atoms with Gasteiger partial charge in [0.25, 0.3) is 5.91 Å². The van der Waals surface area contributed by atoms with Gasteiger partial charge in [-0.15, -0.1) is 0 Å². The van der Waals surface area contributed by atoms with Crippen LogP contribution in [0.3, 0.4) is 0 Å². The minimum atomic E-state index is -0.0556. The van der Waals surface area contributed by atoms with Gasteiger partial charge in [-0.2, -0.15) is 10.1 Å². The molecule has 0 unspecified atom stereocenters. The number of hydrogen-bond acceptors (Lipinski definition) is 7. The second kappa shape index (κ2) is 6.34. The van der Waals surface area contributed by atoms with E-state index in [0.717, 1.165) is 0 Å². The summed E-state index contributed by atoms with van der Waals surface area (Å²) < 4.78 is 6.74. The third kappa shape index (κ3) is 2.84. The molecule has 0 spiro atoms. The maximum atomic E-state index is 12.8. The molecular weight excluding hydrogens is 322 g/mol. The zero-order valence-electron chi connectivity index (χ0n) is 13.7. The van der Waals surface area contributed by atoms with Crippen molar-refractivity contribution in [2.45, 2.75) is 0 Å². The van der Waals surface area contributed by atoms with Crippen molar-refractivity contribution in [2.24, 2.45) is 0 Å². The Hall–Kier alpha value is -3.23. The predicted octanol–water partition coefficient (Wildman–Crippen LogP) is 0.490. The van der Waals surface area contributed by atoms with E-state index >= 15 is 0 Å². The van der Waals surface area contributed by atoms with Crippen LogP contribution in [0.15, 0.2) is 36.9 Å². The average Bonchev–Trinajstić information content (AvgIpc) is 3.12. The van der Waals surface area contributed by atoms with E-state index < -0.39 is 0 Å². The van der Waals surface area contributed by atoms with Crippen LogP contribution >= 0.6 is 0 Å². The lowest BCUT2D eigenvalue weighted by atomic mass is 10.2. The zero-order valence-corrected chi connectivity index (χ0v) is 13.7. The summed E-state index contributed by atoms with van der Waals surface area (Å²) in [5, 5.41) is 4.18. The molecule has 0 radical (unpaired) electrons.